The average molecular weight is 401 g/mol. The van der Waals surface area contributed by atoms with Crippen LogP contribution in [0.3, 0.4) is 0 Å². The number of carbonyl (C=O) groups is 1. The van der Waals surface area contributed by atoms with Crippen molar-refractivity contribution in [1.82, 2.24) is 9.61 Å². The number of fused-ring (bicyclic) bond motifs is 1. The monoisotopic (exact) mass is 401 g/mol. The molecule has 1 aliphatic carbocycles. The van der Waals surface area contributed by atoms with E-state index in [2.05, 4.69) is 42.8 Å². The van der Waals surface area contributed by atoms with Crippen molar-refractivity contribution in [3.8, 4) is 0 Å². The lowest BCUT2D eigenvalue weighted by atomic mass is 9.81. The molecule has 1 aliphatic rings. The molecule has 0 radical (unpaired) electrons. The number of aryl methyl sites for hydroxylation is 1. The molecular formula is C25H24FN3O. The van der Waals surface area contributed by atoms with Gasteiger partial charge < -0.3 is 0 Å². The van der Waals surface area contributed by atoms with Crippen LogP contribution in [0.25, 0.3) is 16.7 Å². The van der Waals surface area contributed by atoms with Crippen molar-refractivity contribution < 1.29 is 9.18 Å². The number of hydrogen-bond acceptors (Lipinski definition) is 2. The first-order chi connectivity index (χ1) is 14.4. The predicted molar refractivity (Wildman–Crippen MR) is 119 cm³/mol. The average Bonchev–Trinajstić information content (AvgIpc) is 3.11. The molecule has 5 heteroatoms. The molecular weight excluding hydrogens is 377 g/mol. The lowest BCUT2D eigenvalue weighted by Crippen LogP contribution is -2.10. The summed E-state index contributed by atoms with van der Waals surface area (Å²) in [5, 5.41) is 4.25. The Kier molecular flexibility index (Phi) is 5.20. The van der Waals surface area contributed by atoms with Crippen molar-refractivity contribution in [3.63, 3.8) is 0 Å². The maximum absolute atomic E-state index is 13.9. The first-order valence-electron chi connectivity index (χ1n) is 10.1. The summed E-state index contributed by atoms with van der Waals surface area (Å²) in [6, 6.07) is 9.27. The van der Waals surface area contributed by atoms with E-state index in [0.717, 1.165) is 23.1 Å². The highest BCUT2D eigenvalue weighted by Crippen LogP contribution is 2.40. The van der Waals surface area contributed by atoms with E-state index in [4.69, 9.17) is 0 Å². The fourth-order valence-electron chi connectivity index (χ4n) is 4.10. The largest absolute Gasteiger partial charge is 0.280 e. The Labute approximate surface area is 175 Å². The molecule has 2 atom stereocenters. The van der Waals surface area contributed by atoms with Gasteiger partial charge >= 0.3 is 0 Å². The lowest BCUT2D eigenvalue weighted by Gasteiger charge is -2.24. The van der Waals surface area contributed by atoms with Crippen LogP contribution in [0.1, 0.15) is 47.3 Å². The van der Waals surface area contributed by atoms with Gasteiger partial charge in [-0.25, -0.2) is 13.9 Å². The normalized spacial score (nSPS) is 19.2. The third-order valence-corrected chi connectivity index (χ3v) is 6.07. The summed E-state index contributed by atoms with van der Waals surface area (Å²) in [6.45, 7) is 9.59. The molecule has 2 aromatic heterocycles. The molecule has 0 aliphatic heterocycles. The lowest BCUT2D eigenvalue weighted by molar-refractivity contribution is 0.101. The number of allylic oxidation sites excluding steroid dienone is 4. The number of hydrogen-bond donors (Lipinski definition) is 0. The standard InChI is InChI=1S/C25H24FN3O/c1-15-6-5-7-20(24(17(15)3)19-8-9-22(26)16(2)12-19)18-10-11-29-23(13-18)21(14-28-29)25(30)27-4/h5,7-15,17H,4,6H2,1-3H3. The van der Waals surface area contributed by atoms with Crippen molar-refractivity contribution in [2.75, 3.05) is 0 Å². The van der Waals surface area contributed by atoms with Gasteiger partial charge in [-0.3, -0.25) is 4.79 Å². The molecule has 0 bridgehead atoms. The highest BCUT2D eigenvalue weighted by atomic mass is 19.1. The number of amides is 1. The summed E-state index contributed by atoms with van der Waals surface area (Å²) in [4.78, 5) is 15.7. The Morgan fingerprint density at radius 3 is 2.77 bits per heavy atom. The molecule has 152 valence electrons. The molecule has 1 aromatic carbocycles. The van der Waals surface area contributed by atoms with Crippen LogP contribution in [0.2, 0.25) is 0 Å². The van der Waals surface area contributed by atoms with Crippen LogP contribution < -0.4 is 0 Å². The van der Waals surface area contributed by atoms with Crippen LogP contribution >= 0.6 is 0 Å². The zero-order chi connectivity index (χ0) is 21.4. The fraction of sp³-hybridized carbons (Fsp3) is 0.240. The number of aromatic nitrogens is 2. The second-order valence-corrected chi connectivity index (χ2v) is 7.96. The maximum Gasteiger partial charge on any atom is 0.280 e. The summed E-state index contributed by atoms with van der Waals surface area (Å²) in [5.74, 6) is 0.118. The Balaban J connectivity index is 1.97. The molecule has 0 fully saturated rings. The minimum Gasteiger partial charge on any atom is -0.267 e. The Bertz CT molecular complexity index is 1220. The number of pyridine rings is 1. The predicted octanol–water partition coefficient (Wildman–Crippen LogP) is 5.77. The van der Waals surface area contributed by atoms with Crippen LogP contribution in [-0.2, 0) is 0 Å². The number of rotatable bonds is 3. The molecule has 30 heavy (non-hydrogen) atoms. The van der Waals surface area contributed by atoms with E-state index < -0.39 is 5.91 Å². The van der Waals surface area contributed by atoms with Crippen molar-refractivity contribution in [1.29, 1.82) is 0 Å². The molecule has 0 spiro atoms. The quantitative estimate of drug-likeness (QED) is 0.524. The van der Waals surface area contributed by atoms with Crippen molar-refractivity contribution in [2.24, 2.45) is 16.8 Å². The van der Waals surface area contributed by atoms with E-state index >= 15 is 0 Å². The Morgan fingerprint density at radius 2 is 2.03 bits per heavy atom. The zero-order valence-electron chi connectivity index (χ0n) is 17.4. The smallest absolute Gasteiger partial charge is 0.267 e. The number of nitrogens with zero attached hydrogens (tertiary/aromatic N) is 3. The SMILES string of the molecule is C=NC(=O)c1cnn2ccc(C3=C(c4ccc(F)c(C)c4)C(C)C(C)CC=C3)cc12. The minimum absolute atomic E-state index is 0.202. The number of halogens is 1. The number of carbonyl (C=O) groups excluding carboxylic acids is 1. The summed E-state index contributed by atoms with van der Waals surface area (Å²) >= 11 is 0. The van der Waals surface area contributed by atoms with Gasteiger partial charge in [0.05, 0.1) is 17.3 Å². The van der Waals surface area contributed by atoms with Gasteiger partial charge in [-0.1, -0.05) is 32.1 Å². The van der Waals surface area contributed by atoms with Crippen molar-refractivity contribution in [3.05, 3.63) is 82.9 Å². The van der Waals surface area contributed by atoms with Gasteiger partial charge in [0.1, 0.15) is 5.82 Å². The molecule has 4 rings (SSSR count). The molecule has 2 heterocycles. The van der Waals surface area contributed by atoms with E-state index in [0.29, 0.717) is 22.6 Å². The third-order valence-electron chi connectivity index (χ3n) is 6.07. The second kappa shape index (κ2) is 7.82. The molecule has 0 N–H and O–H groups in total. The molecule has 4 nitrogen and oxygen atoms in total. The van der Waals surface area contributed by atoms with E-state index in [1.165, 1.54) is 17.8 Å². The van der Waals surface area contributed by atoms with E-state index in [1.54, 1.807) is 11.4 Å². The van der Waals surface area contributed by atoms with Gasteiger partial charge in [0.25, 0.3) is 5.91 Å². The van der Waals surface area contributed by atoms with Gasteiger partial charge in [-0.05, 0) is 84.0 Å². The first-order valence-corrected chi connectivity index (χ1v) is 10.1. The third kappa shape index (κ3) is 3.41. The highest BCUT2D eigenvalue weighted by Gasteiger charge is 2.24. The Morgan fingerprint density at radius 1 is 1.23 bits per heavy atom. The summed E-state index contributed by atoms with van der Waals surface area (Å²) in [6.07, 6.45) is 8.66. The van der Waals surface area contributed by atoms with Gasteiger partial charge in [-0.2, -0.15) is 5.10 Å². The van der Waals surface area contributed by atoms with Crippen LogP contribution in [0.4, 0.5) is 4.39 Å². The summed E-state index contributed by atoms with van der Waals surface area (Å²) < 4.78 is 15.6. The van der Waals surface area contributed by atoms with Crippen molar-refractivity contribution >= 4 is 29.3 Å². The van der Waals surface area contributed by atoms with Gasteiger partial charge in [0, 0.05) is 6.20 Å². The highest BCUT2D eigenvalue weighted by molar-refractivity contribution is 6.04. The van der Waals surface area contributed by atoms with E-state index in [-0.39, 0.29) is 11.7 Å². The van der Waals surface area contributed by atoms with Crippen LogP contribution in [0.5, 0.6) is 0 Å². The maximum atomic E-state index is 13.9. The molecule has 0 saturated carbocycles. The zero-order valence-corrected chi connectivity index (χ0v) is 17.4. The minimum atomic E-state index is -0.399. The van der Waals surface area contributed by atoms with Crippen LogP contribution in [0, 0.1) is 24.6 Å². The number of benzene rings is 1. The fourth-order valence-corrected chi connectivity index (χ4v) is 4.10. The molecule has 2 unspecified atom stereocenters. The molecule has 0 saturated heterocycles. The first kappa shape index (κ1) is 20.0. The van der Waals surface area contributed by atoms with Crippen molar-refractivity contribution in [2.45, 2.75) is 27.2 Å². The second-order valence-electron chi connectivity index (χ2n) is 7.96. The Hall–Kier alpha value is -3.34. The van der Waals surface area contributed by atoms with Gasteiger partial charge in [0.2, 0.25) is 0 Å². The topological polar surface area (TPSA) is 46.7 Å². The van der Waals surface area contributed by atoms with Gasteiger partial charge in [-0.15, -0.1) is 0 Å². The number of aliphatic imine (C=N–C) groups is 1. The van der Waals surface area contributed by atoms with Crippen LogP contribution in [0.15, 0.2) is 59.9 Å². The molecule has 1 amide bonds. The summed E-state index contributed by atoms with van der Waals surface area (Å²) in [7, 11) is 0. The van der Waals surface area contributed by atoms with E-state index in [1.807, 2.05) is 30.5 Å². The summed E-state index contributed by atoms with van der Waals surface area (Å²) in [5.41, 5.74) is 5.99. The van der Waals surface area contributed by atoms with Crippen LogP contribution in [-0.4, -0.2) is 22.2 Å². The van der Waals surface area contributed by atoms with E-state index in [9.17, 15) is 9.18 Å². The van der Waals surface area contributed by atoms with Gasteiger partial charge in [0.15, 0.2) is 0 Å². The molecule has 3 aromatic rings.